The van der Waals surface area contributed by atoms with Gasteiger partial charge >= 0.3 is 5.97 Å². The van der Waals surface area contributed by atoms with Crippen molar-refractivity contribution in [3.05, 3.63) is 0 Å². The summed E-state index contributed by atoms with van der Waals surface area (Å²) in [5.74, 6) is -0.336. The number of aliphatic hydroxyl groups excluding tert-OH is 3. The summed E-state index contributed by atoms with van der Waals surface area (Å²) in [4.78, 5) is 11.9. The predicted molar refractivity (Wildman–Crippen MR) is 123 cm³/mol. The summed E-state index contributed by atoms with van der Waals surface area (Å²) in [7, 11) is 0. The summed E-state index contributed by atoms with van der Waals surface area (Å²) in [6.07, 6.45) is 17.0. The van der Waals surface area contributed by atoms with Crippen molar-refractivity contribution in [1.82, 2.24) is 0 Å². The molecule has 1 aliphatic rings. The smallest absolute Gasteiger partial charge is 0.306 e. The molecule has 184 valence electrons. The van der Waals surface area contributed by atoms with Crippen molar-refractivity contribution in [2.75, 3.05) is 13.2 Å². The Balaban J connectivity index is 1.85. The van der Waals surface area contributed by atoms with Gasteiger partial charge in [-0.05, 0) is 6.42 Å². The minimum absolute atomic E-state index is 0.0492. The maximum absolute atomic E-state index is 11.9. The van der Waals surface area contributed by atoms with E-state index in [1.165, 1.54) is 83.5 Å². The number of rotatable bonds is 20. The summed E-state index contributed by atoms with van der Waals surface area (Å²) >= 11 is 0. The normalized spacial score (nSPS) is 22.0. The quantitative estimate of drug-likeness (QED) is 0.187. The van der Waals surface area contributed by atoms with Crippen molar-refractivity contribution in [3.8, 4) is 0 Å². The van der Waals surface area contributed by atoms with Gasteiger partial charge in [-0.1, -0.05) is 103 Å². The van der Waals surface area contributed by atoms with Crippen LogP contribution in [0, 0.1) is 0 Å². The predicted octanol–water partition coefficient (Wildman–Crippen LogP) is 4.66. The van der Waals surface area contributed by atoms with Gasteiger partial charge in [-0.3, -0.25) is 4.79 Å². The highest BCUT2D eigenvalue weighted by Crippen LogP contribution is 2.21. The van der Waals surface area contributed by atoms with E-state index in [0.29, 0.717) is 6.42 Å². The third-order valence-corrected chi connectivity index (χ3v) is 6.25. The lowest BCUT2D eigenvalue weighted by molar-refractivity contribution is -0.153. The summed E-state index contributed by atoms with van der Waals surface area (Å²) < 4.78 is 10.5. The Kier molecular flexibility index (Phi) is 17.2. The Labute approximate surface area is 189 Å². The average molecular weight is 445 g/mol. The minimum atomic E-state index is -1.17. The van der Waals surface area contributed by atoms with Crippen molar-refractivity contribution in [2.45, 2.75) is 140 Å². The zero-order chi connectivity index (χ0) is 22.7. The van der Waals surface area contributed by atoms with Gasteiger partial charge in [0, 0.05) is 6.42 Å². The Morgan fingerprint density at radius 2 is 1.32 bits per heavy atom. The number of carbonyl (C=O) groups is 1. The molecule has 0 aliphatic carbocycles. The van der Waals surface area contributed by atoms with Crippen molar-refractivity contribution in [1.29, 1.82) is 0 Å². The van der Waals surface area contributed by atoms with Crippen LogP contribution in [0.1, 0.15) is 116 Å². The van der Waals surface area contributed by atoms with E-state index < -0.39 is 31.0 Å². The van der Waals surface area contributed by atoms with Crippen LogP contribution in [-0.2, 0) is 14.3 Å². The zero-order valence-electron chi connectivity index (χ0n) is 19.8. The summed E-state index contributed by atoms with van der Waals surface area (Å²) in [6.45, 7) is 1.82. The van der Waals surface area contributed by atoms with E-state index >= 15 is 0 Å². The molecule has 0 aromatic carbocycles. The molecule has 0 saturated carbocycles. The highest BCUT2D eigenvalue weighted by atomic mass is 16.6. The van der Waals surface area contributed by atoms with E-state index in [1.54, 1.807) is 0 Å². The zero-order valence-corrected chi connectivity index (χ0v) is 19.8. The number of hydrogen-bond acceptors (Lipinski definition) is 6. The van der Waals surface area contributed by atoms with Gasteiger partial charge in [-0.15, -0.1) is 0 Å². The van der Waals surface area contributed by atoms with E-state index in [4.69, 9.17) is 14.6 Å². The average Bonchev–Trinajstić information content (AvgIpc) is 3.12. The van der Waals surface area contributed by atoms with Gasteiger partial charge in [0.15, 0.2) is 6.10 Å². The Morgan fingerprint density at radius 1 is 0.871 bits per heavy atom. The molecule has 1 heterocycles. The Morgan fingerprint density at radius 3 is 1.77 bits per heavy atom. The molecule has 0 aromatic rings. The summed E-state index contributed by atoms with van der Waals surface area (Å²) in [5.41, 5.74) is 0. The first-order chi connectivity index (χ1) is 15.1. The molecule has 4 atom stereocenters. The molecule has 1 saturated heterocycles. The standard InChI is InChI=1S/C25H48O6/c1-2-3-4-5-6-7-8-9-10-11-12-13-14-15-16-17-18-23(28)31-22-20-30-25(24(22)29)21(27)19-26/h21-22,24-27,29H,2-20H2,1H3/t21-,22-,24-,25-/m1/s1. The molecule has 0 unspecified atom stereocenters. The first-order valence-corrected chi connectivity index (χ1v) is 12.9. The van der Waals surface area contributed by atoms with Crippen LogP contribution in [-0.4, -0.2) is 58.9 Å². The SMILES string of the molecule is CCCCCCCCCCCCCCCCCCC(=O)O[C@@H]1CO[C@H]([C@H](O)CO)[C@@H]1O. The first kappa shape index (κ1) is 28.3. The van der Waals surface area contributed by atoms with Crippen LogP contribution in [0.3, 0.4) is 0 Å². The molecule has 0 amide bonds. The molecule has 0 bridgehead atoms. The fourth-order valence-electron chi connectivity index (χ4n) is 4.21. The lowest BCUT2D eigenvalue weighted by atomic mass is 10.0. The highest BCUT2D eigenvalue weighted by Gasteiger charge is 2.42. The molecule has 31 heavy (non-hydrogen) atoms. The van der Waals surface area contributed by atoms with Crippen molar-refractivity contribution < 1.29 is 29.6 Å². The van der Waals surface area contributed by atoms with Gasteiger partial charge in [0.25, 0.3) is 0 Å². The number of unbranched alkanes of at least 4 members (excludes halogenated alkanes) is 15. The Hall–Kier alpha value is -0.690. The molecule has 1 rings (SSSR count). The molecule has 1 aliphatic heterocycles. The largest absolute Gasteiger partial charge is 0.457 e. The van der Waals surface area contributed by atoms with E-state index in [0.717, 1.165) is 19.3 Å². The molecule has 0 radical (unpaired) electrons. The third-order valence-electron chi connectivity index (χ3n) is 6.25. The van der Waals surface area contributed by atoms with Crippen molar-refractivity contribution in [2.24, 2.45) is 0 Å². The third kappa shape index (κ3) is 13.5. The van der Waals surface area contributed by atoms with Crippen LogP contribution in [0.25, 0.3) is 0 Å². The summed E-state index contributed by atoms with van der Waals surface area (Å²) in [5, 5.41) is 28.5. The second-order valence-electron chi connectivity index (χ2n) is 9.12. The molecule has 0 aromatic heterocycles. The van der Waals surface area contributed by atoms with Gasteiger partial charge in [0.2, 0.25) is 0 Å². The number of hydrogen-bond donors (Lipinski definition) is 3. The molecular weight excluding hydrogens is 396 g/mol. The fraction of sp³-hybridized carbons (Fsp3) is 0.960. The van der Waals surface area contributed by atoms with Gasteiger partial charge in [0.1, 0.15) is 18.3 Å². The maximum atomic E-state index is 11.9. The van der Waals surface area contributed by atoms with Crippen LogP contribution in [0.2, 0.25) is 0 Å². The number of carbonyl (C=O) groups excluding carboxylic acids is 1. The number of ether oxygens (including phenoxy) is 2. The summed E-state index contributed by atoms with van der Waals surface area (Å²) in [6, 6.07) is 0. The number of aliphatic hydroxyl groups is 3. The maximum Gasteiger partial charge on any atom is 0.306 e. The van der Waals surface area contributed by atoms with Crippen LogP contribution >= 0.6 is 0 Å². The second-order valence-corrected chi connectivity index (χ2v) is 9.12. The molecular formula is C25H48O6. The van der Waals surface area contributed by atoms with E-state index in [2.05, 4.69) is 6.92 Å². The van der Waals surface area contributed by atoms with E-state index in [-0.39, 0.29) is 12.6 Å². The minimum Gasteiger partial charge on any atom is -0.457 e. The molecule has 0 spiro atoms. The van der Waals surface area contributed by atoms with Crippen LogP contribution in [0.4, 0.5) is 0 Å². The van der Waals surface area contributed by atoms with Gasteiger partial charge in [-0.2, -0.15) is 0 Å². The van der Waals surface area contributed by atoms with Gasteiger partial charge < -0.3 is 24.8 Å². The van der Waals surface area contributed by atoms with Gasteiger partial charge in [-0.25, -0.2) is 0 Å². The number of esters is 1. The van der Waals surface area contributed by atoms with E-state index in [1.807, 2.05) is 0 Å². The van der Waals surface area contributed by atoms with Crippen molar-refractivity contribution >= 4 is 5.97 Å². The molecule has 3 N–H and O–H groups in total. The van der Waals surface area contributed by atoms with Crippen LogP contribution in [0.5, 0.6) is 0 Å². The second kappa shape index (κ2) is 18.8. The van der Waals surface area contributed by atoms with E-state index in [9.17, 15) is 15.0 Å². The highest BCUT2D eigenvalue weighted by molar-refractivity contribution is 5.69. The lowest BCUT2D eigenvalue weighted by Crippen LogP contribution is -2.41. The topological polar surface area (TPSA) is 96.2 Å². The van der Waals surface area contributed by atoms with Gasteiger partial charge in [0.05, 0.1) is 13.2 Å². The first-order valence-electron chi connectivity index (χ1n) is 12.9. The fourth-order valence-corrected chi connectivity index (χ4v) is 4.21. The molecule has 6 heteroatoms. The lowest BCUT2D eigenvalue weighted by Gasteiger charge is -2.20. The van der Waals surface area contributed by atoms with Crippen molar-refractivity contribution in [3.63, 3.8) is 0 Å². The monoisotopic (exact) mass is 444 g/mol. The molecule has 1 fully saturated rings. The Bertz CT molecular complexity index is 430. The molecule has 6 nitrogen and oxygen atoms in total. The van der Waals surface area contributed by atoms with Crippen LogP contribution in [0.15, 0.2) is 0 Å². The van der Waals surface area contributed by atoms with Crippen LogP contribution < -0.4 is 0 Å².